The minimum atomic E-state index is -4.02. The molecule has 12 nitrogen and oxygen atoms in total. The van der Waals surface area contributed by atoms with Gasteiger partial charge in [0.15, 0.2) is 11.6 Å². The number of anilines is 1. The maximum absolute atomic E-state index is 13.6. The average Bonchev–Trinajstić information content (AvgIpc) is 3.43. The zero-order valence-corrected chi connectivity index (χ0v) is 22.9. The van der Waals surface area contributed by atoms with Gasteiger partial charge in [-0.1, -0.05) is 0 Å². The molecule has 2 unspecified atom stereocenters. The summed E-state index contributed by atoms with van der Waals surface area (Å²) in [4.78, 5) is 8.64. The van der Waals surface area contributed by atoms with E-state index in [1.807, 2.05) is 27.7 Å². The molecule has 1 aliphatic rings. The third-order valence-electron chi connectivity index (χ3n) is 5.95. The Kier molecular flexibility index (Phi) is 9.75. The van der Waals surface area contributed by atoms with Crippen LogP contribution in [0, 0.1) is 6.92 Å². The van der Waals surface area contributed by atoms with E-state index >= 15 is 0 Å². The van der Waals surface area contributed by atoms with Crippen LogP contribution in [0.15, 0.2) is 12.4 Å². The number of hydrogen-bond donors (Lipinski definition) is 1. The van der Waals surface area contributed by atoms with Crippen LogP contribution in [-0.2, 0) is 29.0 Å². The number of sulfonamides is 1. The second kappa shape index (κ2) is 12.4. The quantitative estimate of drug-likeness (QED) is 0.414. The molecule has 4 atom stereocenters. The van der Waals surface area contributed by atoms with Crippen LogP contribution in [0.4, 0.5) is 5.95 Å². The molecule has 0 amide bonds. The molecule has 0 saturated carbocycles. The second-order valence-corrected chi connectivity index (χ2v) is 11.4. The summed E-state index contributed by atoms with van der Waals surface area (Å²) in [6.07, 6.45) is 3.52. The van der Waals surface area contributed by atoms with Gasteiger partial charge in [-0.05, 0) is 53.0 Å². The van der Waals surface area contributed by atoms with Crippen molar-refractivity contribution in [2.45, 2.75) is 83.2 Å². The van der Waals surface area contributed by atoms with Crippen molar-refractivity contribution in [1.82, 2.24) is 24.7 Å². The summed E-state index contributed by atoms with van der Waals surface area (Å²) in [7, 11) is -0.881. The smallest absolute Gasteiger partial charge is 0.240 e. The molecule has 1 N–H and O–H groups in total. The van der Waals surface area contributed by atoms with Crippen molar-refractivity contribution in [3.63, 3.8) is 0 Å². The average molecular weight is 527 g/mol. The molecule has 0 spiro atoms. The van der Waals surface area contributed by atoms with Crippen LogP contribution in [0.5, 0.6) is 0 Å². The fourth-order valence-electron chi connectivity index (χ4n) is 4.13. The van der Waals surface area contributed by atoms with Crippen molar-refractivity contribution in [1.29, 1.82) is 0 Å². The van der Waals surface area contributed by atoms with E-state index < -0.39 is 21.4 Å². The van der Waals surface area contributed by atoms with E-state index in [0.717, 1.165) is 18.4 Å². The summed E-state index contributed by atoms with van der Waals surface area (Å²) in [5.74, 6) is 0.882. The number of methoxy groups -OCH3 is 2. The second-order valence-electron chi connectivity index (χ2n) is 9.41. The maximum Gasteiger partial charge on any atom is 0.240 e. The van der Waals surface area contributed by atoms with Crippen LogP contribution in [-0.4, -0.2) is 78.0 Å². The van der Waals surface area contributed by atoms with Crippen molar-refractivity contribution in [2.24, 2.45) is 0 Å². The van der Waals surface area contributed by atoms with Crippen LogP contribution < -0.4 is 4.72 Å². The third-order valence-corrected chi connectivity index (χ3v) is 7.64. The first-order chi connectivity index (χ1) is 17.1. The summed E-state index contributed by atoms with van der Waals surface area (Å²) in [6.45, 7) is 9.61. The Morgan fingerprint density at radius 1 is 1.11 bits per heavy atom. The third kappa shape index (κ3) is 6.76. The van der Waals surface area contributed by atoms with Gasteiger partial charge in [-0.2, -0.15) is 0 Å². The van der Waals surface area contributed by atoms with Gasteiger partial charge in [0, 0.05) is 26.6 Å². The van der Waals surface area contributed by atoms with Gasteiger partial charge in [-0.3, -0.25) is 9.29 Å². The summed E-state index contributed by atoms with van der Waals surface area (Å²) in [6, 6.07) is -0.374. The number of nitrogens with one attached hydrogen (secondary N) is 1. The van der Waals surface area contributed by atoms with Gasteiger partial charge in [0.25, 0.3) is 0 Å². The number of nitrogens with zero attached hydrogens (tertiary/aromatic N) is 5. The molecule has 3 rings (SSSR count). The highest BCUT2D eigenvalue weighted by Crippen LogP contribution is 2.35. The number of ether oxygens (including phenoxy) is 4. The monoisotopic (exact) mass is 526 g/mol. The molecule has 1 saturated heterocycles. The highest BCUT2D eigenvalue weighted by molar-refractivity contribution is 7.93. The summed E-state index contributed by atoms with van der Waals surface area (Å²) >= 11 is 0. The lowest BCUT2D eigenvalue weighted by atomic mass is 10.2. The lowest BCUT2D eigenvalue weighted by Crippen LogP contribution is -2.35. The topological polar surface area (TPSA) is 140 Å². The Balaban J connectivity index is 1.97. The molecule has 36 heavy (non-hydrogen) atoms. The van der Waals surface area contributed by atoms with E-state index in [4.69, 9.17) is 18.9 Å². The first-order valence-electron chi connectivity index (χ1n) is 12.1. The van der Waals surface area contributed by atoms with Gasteiger partial charge in [0.1, 0.15) is 17.5 Å². The molecule has 0 bridgehead atoms. The molecule has 202 valence electrons. The Morgan fingerprint density at radius 2 is 1.75 bits per heavy atom. The zero-order valence-electron chi connectivity index (χ0n) is 22.0. The van der Waals surface area contributed by atoms with Crippen molar-refractivity contribution in [3.8, 4) is 0 Å². The first kappa shape index (κ1) is 28.4. The van der Waals surface area contributed by atoms with Crippen LogP contribution in [0.3, 0.4) is 0 Å². The number of rotatable bonds is 13. The Labute approximate surface area is 213 Å². The molecule has 13 heteroatoms. The molecule has 0 aromatic carbocycles. The van der Waals surface area contributed by atoms with Gasteiger partial charge < -0.3 is 18.9 Å². The van der Waals surface area contributed by atoms with E-state index in [2.05, 4.69) is 24.9 Å². The SMILES string of the molecule is COCC(COC)n1c(NS(=O)(=O)C(C)C(OC(C)C)c2ncc(C)cn2)nnc1[C@@H]1CC[C@H](C)O1. The highest BCUT2D eigenvalue weighted by Gasteiger charge is 2.37. The van der Waals surface area contributed by atoms with Crippen molar-refractivity contribution < 1.29 is 27.4 Å². The summed E-state index contributed by atoms with van der Waals surface area (Å²) < 4.78 is 54.3. The van der Waals surface area contributed by atoms with Gasteiger partial charge in [-0.25, -0.2) is 18.4 Å². The lowest BCUT2D eigenvalue weighted by Gasteiger charge is -2.26. The molecule has 0 aliphatic carbocycles. The van der Waals surface area contributed by atoms with E-state index in [0.29, 0.717) is 11.6 Å². The highest BCUT2D eigenvalue weighted by atomic mass is 32.2. The van der Waals surface area contributed by atoms with Gasteiger partial charge in [-0.15, -0.1) is 10.2 Å². The van der Waals surface area contributed by atoms with Crippen LogP contribution in [0.1, 0.15) is 76.0 Å². The minimum Gasteiger partial charge on any atom is -0.382 e. The number of aromatic nitrogens is 5. The normalized spacial score (nSPS) is 20.2. The van der Waals surface area contributed by atoms with E-state index in [1.165, 1.54) is 0 Å². The fourth-order valence-corrected chi connectivity index (χ4v) is 5.22. The number of hydrogen-bond acceptors (Lipinski definition) is 10. The largest absolute Gasteiger partial charge is 0.382 e. The van der Waals surface area contributed by atoms with Crippen molar-refractivity contribution >= 4 is 16.0 Å². The number of aryl methyl sites for hydroxylation is 1. The fraction of sp³-hybridized carbons (Fsp3) is 0.739. The van der Waals surface area contributed by atoms with E-state index in [9.17, 15) is 8.42 Å². The molecular weight excluding hydrogens is 488 g/mol. The van der Waals surface area contributed by atoms with Gasteiger partial charge >= 0.3 is 0 Å². The van der Waals surface area contributed by atoms with Crippen LogP contribution >= 0.6 is 0 Å². The predicted molar refractivity (Wildman–Crippen MR) is 133 cm³/mol. The predicted octanol–water partition coefficient (Wildman–Crippen LogP) is 2.75. The molecule has 2 aromatic heterocycles. The molecule has 1 fully saturated rings. The minimum absolute atomic E-state index is 0.0622. The molecule has 3 heterocycles. The first-order valence-corrected chi connectivity index (χ1v) is 13.7. The molecule has 1 aliphatic heterocycles. The maximum atomic E-state index is 13.6. The van der Waals surface area contributed by atoms with Crippen LogP contribution in [0.2, 0.25) is 0 Å². The van der Waals surface area contributed by atoms with Crippen molar-refractivity contribution in [3.05, 3.63) is 29.6 Å². The zero-order chi connectivity index (χ0) is 26.5. The molecule has 2 aromatic rings. The molecular formula is C23H38N6O6S. The van der Waals surface area contributed by atoms with Gasteiger partial charge in [0.05, 0.1) is 31.5 Å². The van der Waals surface area contributed by atoms with E-state index in [1.54, 1.807) is 38.1 Å². The Hall–Kier alpha value is -2.19. The Bertz CT molecular complexity index is 1070. The summed E-state index contributed by atoms with van der Waals surface area (Å²) in [5.41, 5.74) is 0.863. The lowest BCUT2D eigenvalue weighted by molar-refractivity contribution is 0.00151. The molecule has 0 radical (unpaired) electrons. The van der Waals surface area contributed by atoms with Crippen LogP contribution in [0.25, 0.3) is 0 Å². The van der Waals surface area contributed by atoms with E-state index in [-0.39, 0.29) is 43.5 Å². The summed E-state index contributed by atoms with van der Waals surface area (Å²) in [5, 5.41) is 7.48. The standard InChI is InChI=1S/C23H38N6O6S/c1-14(2)34-20(21-24-10-15(3)11-25-21)17(5)36(30,31)28-23-27-26-22(19-9-8-16(4)35-19)29(23)18(12-32-6)13-33-7/h10-11,14,16-20H,8-9,12-13H2,1-7H3,(H,27,28)/t16-,17?,19-,20?/m0/s1. The van der Waals surface area contributed by atoms with Gasteiger partial charge in [0.2, 0.25) is 16.0 Å². The van der Waals surface area contributed by atoms with Crippen molar-refractivity contribution in [2.75, 3.05) is 32.2 Å². The Morgan fingerprint density at radius 3 is 2.28 bits per heavy atom.